The molecule has 0 aromatic heterocycles. The van der Waals surface area contributed by atoms with Crippen molar-refractivity contribution in [1.29, 1.82) is 0 Å². The number of hydrogen-bond donors (Lipinski definition) is 1. The first kappa shape index (κ1) is 23.8. The minimum absolute atomic E-state index is 0.0130. The van der Waals surface area contributed by atoms with E-state index in [0.717, 1.165) is 28.0 Å². The highest BCUT2D eigenvalue weighted by Gasteiger charge is 2.34. The highest BCUT2D eigenvalue weighted by Crippen LogP contribution is 2.33. The number of benzene rings is 2. The molecule has 11 heteroatoms. The molecule has 1 aliphatic rings. The first-order chi connectivity index (χ1) is 15.3. The molecule has 0 unspecified atom stereocenters. The molecule has 166 valence electrons. The summed E-state index contributed by atoms with van der Waals surface area (Å²) in [7, 11) is 0. The molecule has 32 heavy (non-hydrogen) atoms. The Morgan fingerprint density at radius 2 is 1.97 bits per heavy atom. The van der Waals surface area contributed by atoms with Crippen molar-refractivity contribution in [2.45, 2.75) is 5.75 Å². The van der Waals surface area contributed by atoms with Crippen LogP contribution in [0, 0.1) is 10.1 Å². The molecule has 1 aliphatic heterocycles. The van der Waals surface area contributed by atoms with Gasteiger partial charge in [0.2, 0.25) is 0 Å². The monoisotopic (exact) mass is 491 g/mol. The van der Waals surface area contributed by atoms with E-state index < -0.39 is 16.1 Å². The fraction of sp³-hybridized carbons (Fsp3) is 0.190. The van der Waals surface area contributed by atoms with E-state index in [9.17, 15) is 24.5 Å². The van der Waals surface area contributed by atoms with Crippen LogP contribution in [-0.2, 0) is 10.5 Å². The summed E-state index contributed by atoms with van der Waals surface area (Å²) < 4.78 is 0. The lowest BCUT2D eigenvalue weighted by Gasteiger charge is -2.13. The summed E-state index contributed by atoms with van der Waals surface area (Å²) in [5, 5.41) is 13.2. The van der Waals surface area contributed by atoms with Crippen LogP contribution in [0.4, 0.5) is 10.5 Å². The second kappa shape index (κ2) is 10.7. The average Bonchev–Trinajstić information content (AvgIpc) is 3.02. The van der Waals surface area contributed by atoms with Gasteiger partial charge in [-0.25, -0.2) is 0 Å². The van der Waals surface area contributed by atoms with Gasteiger partial charge in [0.15, 0.2) is 0 Å². The molecular weight excluding hydrogens is 474 g/mol. The lowest BCUT2D eigenvalue weighted by atomic mass is 10.1. The summed E-state index contributed by atoms with van der Waals surface area (Å²) in [5.74, 6) is 0.0442. The number of nitro groups is 1. The van der Waals surface area contributed by atoms with Crippen LogP contribution in [0.25, 0.3) is 6.08 Å². The van der Waals surface area contributed by atoms with Crippen molar-refractivity contribution in [3.8, 4) is 0 Å². The zero-order chi connectivity index (χ0) is 23.3. The van der Waals surface area contributed by atoms with E-state index in [4.69, 9.17) is 11.6 Å². The zero-order valence-corrected chi connectivity index (χ0v) is 19.3. The molecule has 2 aromatic carbocycles. The molecule has 0 aliphatic carbocycles. The van der Waals surface area contributed by atoms with Crippen LogP contribution in [-0.4, -0.2) is 46.2 Å². The molecule has 1 saturated heterocycles. The number of nitro benzene ring substituents is 1. The summed E-state index contributed by atoms with van der Waals surface area (Å²) in [6.07, 6.45) is 3.41. The van der Waals surface area contributed by atoms with Crippen molar-refractivity contribution in [3.63, 3.8) is 0 Å². The summed E-state index contributed by atoms with van der Waals surface area (Å²) in [5.41, 5.74) is 1.70. The molecule has 8 nitrogen and oxygen atoms in total. The van der Waals surface area contributed by atoms with Crippen molar-refractivity contribution < 1.29 is 19.3 Å². The number of carbonyl (C=O) groups is 3. The summed E-state index contributed by atoms with van der Waals surface area (Å²) in [4.78, 5) is 48.7. The molecule has 0 saturated carbocycles. The zero-order valence-electron chi connectivity index (χ0n) is 16.9. The SMILES string of the molecule is CSCc1ccc(C(=O)NCCN2C(=O)S/C(=C\c3ccc(Cl)c([N+](=O)[O-])c3)C2=O)cc1. The number of thioether (sulfide) groups is 2. The van der Waals surface area contributed by atoms with E-state index in [1.165, 1.54) is 24.3 Å². The van der Waals surface area contributed by atoms with Crippen LogP contribution in [0.5, 0.6) is 0 Å². The number of halogens is 1. The third kappa shape index (κ3) is 5.70. The molecule has 2 aromatic rings. The van der Waals surface area contributed by atoms with Gasteiger partial charge in [-0.15, -0.1) is 0 Å². The van der Waals surface area contributed by atoms with Gasteiger partial charge < -0.3 is 5.32 Å². The maximum Gasteiger partial charge on any atom is 0.293 e. The van der Waals surface area contributed by atoms with Crippen molar-refractivity contribution >= 4 is 63.9 Å². The molecule has 0 atom stereocenters. The van der Waals surface area contributed by atoms with Crippen LogP contribution in [0.3, 0.4) is 0 Å². The van der Waals surface area contributed by atoms with E-state index in [2.05, 4.69) is 5.32 Å². The Morgan fingerprint density at radius 1 is 1.25 bits per heavy atom. The second-order valence-electron chi connectivity index (χ2n) is 6.69. The number of hydrogen-bond acceptors (Lipinski definition) is 7. The van der Waals surface area contributed by atoms with Gasteiger partial charge >= 0.3 is 0 Å². The van der Waals surface area contributed by atoms with Gasteiger partial charge in [-0.05, 0) is 53.4 Å². The maximum absolute atomic E-state index is 12.6. The van der Waals surface area contributed by atoms with Crippen LogP contribution < -0.4 is 5.32 Å². The highest BCUT2D eigenvalue weighted by molar-refractivity contribution is 8.18. The van der Waals surface area contributed by atoms with E-state index in [-0.39, 0.29) is 34.6 Å². The Balaban J connectivity index is 1.60. The van der Waals surface area contributed by atoms with E-state index >= 15 is 0 Å². The first-order valence-electron chi connectivity index (χ1n) is 9.35. The van der Waals surface area contributed by atoms with Crippen molar-refractivity contribution in [3.05, 3.63) is 79.2 Å². The quantitative estimate of drug-likeness (QED) is 0.327. The minimum atomic E-state index is -0.621. The van der Waals surface area contributed by atoms with Crippen LogP contribution >= 0.6 is 35.1 Å². The van der Waals surface area contributed by atoms with Gasteiger partial charge in [-0.3, -0.25) is 29.4 Å². The fourth-order valence-corrected chi connectivity index (χ4v) is 4.48. The molecule has 0 spiro atoms. The molecular formula is C21H18ClN3O5S2. The summed E-state index contributed by atoms with van der Waals surface area (Å²) in [6.45, 7) is 0.113. The van der Waals surface area contributed by atoms with E-state index in [1.54, 1.807) is 23.9 Å². The first-order valence-corrected chi connectivity index (χ1v) is 11.9. The highest BCUT2D eigenvalue weighted by atomic mass is 35.5. The Labute approximate surface area is 197 Å². The average molecular weight is 492 g/mol. The Bertz CT molecular complexity index is 1110. The van der Waals surface area contributed by atoms with E-state index in [1.807, 2.05) is 18.4 Å². The van der Waals surface area contributed by atoms with Gasteiger partial charge in [0.25, 0.3) is 22.7 Å². The summed E-state index contributed by atoms with van der Waals surface area (Å²) >= 11 is 8.22. The second-order valence-corrected chi connectivity index (χ2v) is 8.95. The number of imide groups is 1. The third-order valence-corrected chi connectivity index (χ3v) is 6.34. The number of nitrogens with zero attached hydrogens (tertiary/aromatic N) is 2. The molecule has 1 N–H and O–H groups in total. The lowest BCUT2D eigenvalue weighted by molar-refractivity contribution is -0.384. The lowest BCUT2D eigenvalue weighted by Crippen LogP contribution is -2.37. The van der Waals surface area contributed by atoms with Gasteiger partial charge in [0.05, 0.1) is 9.83 Å². The molecule has 3 rings (SSSR count). The number of carbonyl (C=O) groups excluding carboxylic acids is 3. The molecule has 3 amide bonds. The third-order valence-electron chi connectivity index (χ3n) is 4.49. The van der Waals surface area contributed by atoms with Gasteiger partial charge in [0, 0.05) is 30.5 Å². The van der Waals surface area contributed by atoms with Crippen LogP contribution in [0.15, 0.2) is 47.4 Å². The van der Waals surface area contributed by atoms with Crippen molar-refractivity contribution in [2.24, 2.45) is 0 Å². The van der Waals surface area contributed by atoms with Crippen molar-refractivity contribution in [1.82, 2.24) is 10.2 Å². The van der Waals surface area contributed by atoms with Crippen LogP contribution in [0.2, 0.25) is 5.02 Å². The smallest absolute Gasteiger partial charge is 0.293 e. The minimum Gasteiger partial charge on any atom is -0.350 e. The molecule has 1 heterocycles. The molecule has 1 fully saturated rings. The number of rotatable bonds is 8. The molecule has 0 bridgehead atoms. The largest absolute Gasteiger partial charge is 0.350 e. The van der Waals surface area contributed by atoms with Gasteiger partial charge in [0.1, 0.15) is 5.02 Å². The predicted octanol–water partition coefficient (Wildman–Crippen LogP) is 4.58. The number of amides is 3. The fourth-order valence-electron chi connectivity index (χ4n) is 2.91. The Hall–Kier alpha value is -2.82. The topological polar surface area (TPSA) is 110 Å². The van der Waals surface area contributed by atoms with E-state index in [0.29, 0.717) is 11.1 Å². The standard InChI is InChI=1S/C21H18ClN3O5S2/c1-31-12-13-2-5-15(6-3-13)19(26)23-8-9-24-20(27)18(32-21(24)28)11-14-4-7-16(22)17(10-14)25(29)30/h2-7,10-11H,8-9,12H2,1H3,(H,23,26)/b18-11-. The Kier molecular flexibility index (Phi) is 7.94. The molecule has 0 radical (unpaired) electrons. The number of nitrogens with one attached hydrogen (secondary N) is 1. The van der Waals surface area contributed by atoms with Crippen molar-refractivity contribution in [2.75, 3.05) is 19.3 Å². The normalized spacial score (nSPS) is 14.8. The summed E-state index contributed by atoms with van der Waals surface area (Å²) in [6, 6.07) is 11.3. The Morgan fingerprint density at radius 3 is 2.62 bits per heavy atom. The van der Waals surface area contributed by atoms with Crippen LogP contribution in [0.1, 0.15) is 21.5 Å². The van der Waals surface area contributed by atoms with Gasteiger partial charge in [-0.1, -0.05) is 29.8 Å². The maximum atomic E-state index is 12.6. The van der Waals surface area contributed by atoms with Gasteiger partial charge in [-0.2, -0.15) is 11.8 Å². The predicted molar refractivity (Wildman–Crippen MR) is 127 cm³/mol.